The van der Waals surface area contributed by atoms with Crippen LogP contribution in [0.25, 0.3) is 0 Å². The van der Waals surface area contributed by atoms with Gasteiger partial charge in [0.25, 0.3) is 11.8 Å². The van der Waals surface area contributed by atoms with Crippen molar-refractivity contribution in [2.24, 2.45) is 5.73 Å². The van der Waals surface area contributed by atoms with Crippen molar-refractivity contribution in [3.05, 3.63) is 71.3 Å². The third-order valence-electron chi connectivity index (χ3n) is 4.24. The standard InChI is InChI=1S/C21H27N3O3/c1-2-11-23-20(26)16-9-6-10-17(13-16)21(27)24-18(19(25)14-22)12-15-7-4-3-5-8-15/h3-10,13,18-19,25H,2,11-12,14,22H2,1H3,(H,23,26)(H,24,27)/t18-,19+/m0/s1. The number of aliphatic hydroxyl groups is 1. The Kier molecular flexibility index (Phi) is 7.98. The molecule has 2 rings (SSSR count). The summed E-state index contributed by atoms with van der Waals surface area (Å²) in [5.74, 6) is -0.567. The van der Waals surface area contributed by atoms with E-state index in [0.717, 1.165) is 12.0 Å². The summed E-state index contributed by atoms with van der Waals surface area (Å²) in [6.07, 6.45) is 0.427. The number of amides is 2. The van der Waals surface area contributed by atoms with E-state index in [-0.39, 0.29) is 18.4 Å². The lowest BCUT2D eigenvalue weighted by Gasteiger charge is -2.23. The largest absolute Gasteiger partial charge is 0.390 e. The highest BCUT2D eigenvalue weighted by Gasteiger charge is 2.21. The van der Waals surface area contributed by atoms with E-state index in [2.05, 4.69) is 10.6 Å². The minimum absolute atomic E-state index is 0.0389. The molecule has 0 spiro atoms. The zero-order valence-corrected chi connectivity index (χ0v) is 15.5. The van der Waals surface area contributed by atoms with Crippen LogP contribution in [0.15, 0.2) is 54.6 Å². The SMILES string of the molecule is CCCNC(=O)c1cccc(C(=O)N[C@@H](Cc2ccccc2)[C@H](O)CN)c1. The van der Waals surface area contributed by atoms with Gasteiger partial charge >= 0.3 is 0 Å². The fourth-order valence-corrected chi connectivity index (χ4v) is 2.71. The molecule has 0 saturated heterocycles. The van der Waals surface area contributed by atoms with Crippen molar-refractivity contribution in [2.75, 3.05) is 13.1 Å². The number of rotatable bonds is 9. The fourth-order valence-electron chi connectivity index (χ4n) is 2.71. The maximum absolute atomic E-state index is 12.7. The normalized spacial score (nSPS) is 12.9. The van der Waals surface area contributed by atoms with Gasteiger partial charge in [-0.2, -0.15) is 0 Å². The van der Waals surface area contributed by atoms with E-state index >= 15 is 0 Å². The lowest BCUT2D eigenvalue weighted by Crippen LogP contribution is -2.47. The third-order valence-corrected chi connectivity index (χ3v) is 4.24. The highest BCUT2D eigenvalue weighted by atomic mass is 16.3. The van der Waals surface area contributed by atoms with Gasteiger partial charge in [-0.25, -0.2) is 0 Å². The summed E-state index contributed by atoms with van der Waals surface area (Å²) in [6, 6.07) is 15.6. The van der Waals surface area contributed by atoms with Crippen molar-refractivity contribution in [3.63, 3.8) is 0 Å². The van der Waals surface area contributed by atoms with E-state index in [0.29, 0.717) is 24.1 Å². The number of nitrogens with one attached hydrogen (secondary N) is 2. The molecular formula is C21H27N3O3. The molecule has 6 nitrogen and oxygen atoms in total. The Hall–Kier alpha value is -2.70. The first-order chi connectivity index (χ1) is 13.0. The number of hydrogen-bond donors (Lipinski definition) is 4. The van der Waals surface area contributed by atoms with Gasteiger partial charge in [0.05, 0.1) is 12.1 Å². The van der Waals surface area contributed by atoms with Crippen LogP contribution < -0.4 is 16.4 Å². The van der Waals surface area contributed by atoms with Gasteiger partial charge in [-0.05, 0) is 36.6 Å². The maximum atomic E-state index is 12.7. The predicted molar refractivity (Wildman–Crippen MR) is 106 cm³/mol. The Morgan fingerprint density at radius 2 is 1.70 bits per heavy atom. The van der Waals surface area contributed by atoms with Crippen LogP contribution in [0.3, 0.4) is 0 Å². The lowest BCUT2D eigenvalue weighted by molar-refractivity contribution is 0.0845. The van der Waals surface area contributed by atoms with Crippen LogP contribution in [0.2, 0.25) is 0 Å². The molecule has 6 heteroatoms. The van der Waals surface area contributed by atoms with Gasteiger partial charge in [-0.3, -0.25) is 9.59 Å². The summed E-state index contributed by atoms with van der Waals surface area (Å²) >= 11 is 0. The van der Waals surface area contributed by atoms with Crippen LogP contribution in [0, 0.1) is 0 Å². The zero-order valence-electron chi connectivity index (χ0n) is 15.5. The second kappa shape index (κ2) is 10.4. The molecule has 0 heterocycles. The van der Waals surface area contributed by atoms with Crippen molar-refractivity contribution in [1.29, 1.82) is 0 Å². The van der Waals surface area contributed by atoms with Crippen molar-refractivity contribution >= 4 is 11.8 Å². The molecule has 2 aromatic carbocycles. The van der Waals surface area contributed by atoms with E-state index in [1.807, 2.05) is 37.3 Å². The van der Waals surface area contributed by atoms with Crippen LogP contribution >= 0.6 is 0 Å². The Bertz CT molecular complexity index is 749. The number of aliphatic hydroxyl groups excluding tert-OH is 1. The molecule has 2 aromatic rings. The van der Waals surface area contributed by atoms with Crippen molar-refractivity contribution in [1.82, 2.24) is 10.6 Å². The molecule has 0 bridgehead atoms. The van der Waals surface area contributed by atoms with Gasteiger partial charge in [0.1, 0.15) is 0 Å². The molecule has 27 heavy (non-hydrogen) atoms. The second-order valence-electron chi connectivity index (χ2n) is 6.41. The Morgan fingerprint density at radius 3 is 2.33 bits per heavy atom. The molecule has 2 amide bonds. The molecular weight excluding hydrogens is 342 g/mol. The highest BCUT2D eigenvalue weighted by molar-refractivity contribution is 5.99. The monoisotopic (exact) mass is 369 g/mol. The summed E-state index contributed by atoms with van der Waals surface area (Å²) in [5.41, 5.74) is 7.37. The average molecular weight is 369 g/mol. The number of carbonyl (C=O) groups is 2. The number of hydrogen-bond acceptors (Lipinski definition) is 4. The van der Waals surface area contributed by atoms with Gasteiger partial charge in [-0.1, -0.05) is 43.3 Å². The minimum atomic E-state index is -0.870. The molecule has 0 fully saturated rings. The van der Waals surface area contributed by atoms with Crippen LogP contribution in [0.1, 0.15) is 39.6 Å². The van der Waals surface area contributed by atoms with E-state index in [1.54, 1.807) is 24.3 Å². The molecule has 0 saturated carbocycles. The molecule has 0 aliphatic carbocycles. The van der Waals surface area contributed by atoms with E-state index < -0.39 is 12.1 Å². The smallest absolute Gasteiger partial charge is 0.251 e. The number of benzene rings is 2. The lowest BCUT2D eigenvalue weighted by atomic mass is 10.0. The van der Waals surface area contributed by atoms with Gasteiger partial charge in [0.2, 0.25) is 0 Å². The maximum Gasteiger partial charge on any atom is 0.251 e. The van der Waals surface area contributed by atoms with Crippen molar-refractivity contribution in [3.8, 4) is 0 Å². The summed E-state index contributed by atoms with van der Waals surface area (Å²) in [5, 5.41) is 15.8. The Morgan fingerprint density at radius 1 is 1.04 bits per heavy atom. The van der Waals surface area contributed by atoms with E-state index in [9.17, 15) is 14.7 Å². The Balaban J connectivity index is 2.11. The number of nitrogens with two attached hydrogens (primary N) is 1. The molecule has 0 unspecified atom stereocenters. The predicted octanol–water partition coefficient (Wildman–Crippen LogP) is 1.49. The van der Waals surface area contributed by atoms with Crippen molar-refractivity contribution in [2.45, 2.75) is 31.9 Å². The first-order valence-electron chi connectivity index (χ1n) is 9.16. The van der Waals surface area contributed by atoms with Crippen LogP contribution in [-0.2, 0) is 6.42 Å². The van der Waals surface area contributed by atoms with Gasteiger partial charge < -0.3 is 21.5 Å². The second-order valence-corrected chi connectivity index (χ2v) is 6.41. The molecule has 0 aromatic heterocycles. The minimum Gasteiger partial charge on any atom is -0.390 e. The molecule has 0 aliphatic heterocycles. The van der Waals surface area contributed by atoms with Gasteiger partial charge in [0.15, 0.2) is 0 Å². The summed E-state index contributed by atoms with van der Waals surface area (Å²) in [4.78, 5) is 24.8. The average Bonchev–Trinajstić information content (AvgIpc) is 2.71. The van der Waals surface area contributed by atoms with Gasteiger partial charge in [0, 0.05) is 24.2 Å². The molecule has 2 atom stereocenters. The molecule has 5 N–H and O–H groups in total. The molecule has 0 aliphatic rings. The number of carbonyl (C=O) groups excluding carboxylic acids is 2. The third kappa shape index (κ3) is 6.20. The molecule has 144 valence electrons. The van der Waals surface area contributed by atoms with E-state index in [1.165, 1.54) is 0 Å². The fraction of sp³-hybridized carbons (Fsp3) is 0.333. The Labute approximate surface area is 159 Å². The first kappa shape index (κ1) is 20.6. The first-order valence-corrected chi connectivity index (χ1v) is 9.16. The molecule has 0 radical (unpaired) electrons. The zero-order chi connectivity index (χ0) is 19.6. The van der Waals surface area contributed by atoms with Crippen LogP contribution in [0.4, 0.5) is 0 Å². The summed E-state index contributed by atoms with van der Waals surface area (Å²) in [6.45, 7) is 2.59. The van der Waals surface area contributed by atoms with E-state index in [4.69, 9.17) is 5.73 Å². The van der Waals surface area contributed by atoms with Crippen molar-refractivity contribution < 1.29 is 14.7 Å². The quantitative estimate of drug-likeness (QED) is 0.537. The van der Waals surface area contributed by atoms with Crippen LogP contribution in [0.5, 0.6) is 0 Å². The van der Waals surface area contributed by atoms with Crippen LogP contribution in [-0.4, -0.2) is 42.2 Å². The van der Waals surface area contributed by atoms with Gasteiger partial charge in [-0.15, -0.1) is 0 Å². The summed E-state index contributed by atoms with van der Waals surface area (Å²) in [7, 11) is 0. The topological polar surface area (TPSA) is 104 Å². The highest BCUT2D eigenvalue weighted by Crippen LogP contribution is 2.10. The summed E-state index contributed by atoms with van der Waals surface area (Å²) < 4.78 is 0.